The summed E-state index contributed by atoms with van der Waals surface area (Å²) in [5, 5.41) is 1.63. The summed E-state index contributed by atoms with van der Waals surface area (Å²) in [6.45, 7) is 0.989. The van der Waals surface area contributed by atoms with Gasteiger partial charge in [-0.05, 0) is 6.07 Å². The molecule has 3 aromatic rings. The molecule has 0 bridgehead atoms. The molecular weight excluding hydrogens is 471 g/mol. The van der Waals surface area contributed by atoms with Gasteiger partial charge in [-0.1, -0.05) is 11.6 Å². The molecule has 4 rings (SSSR count). The zero-order valence-electron chi connectivity index (χ0n) is 16.5. The van der Waals surface area contributed by atoms with Crippen molar-refractivity contribution in [2.45, 2.75) is 12.7 Å². The fourth-order valence-electron chi connectivity index (χ4n) is 3.29. The van der Waals surface area contributed by atoms with Crippen LogP contribution < -0.4 is 10.3 Å². The lowest BCUT2D eigenvalue weighted by atomic mass is 10.2. The summed E-state index contributed by atoms with van der Waals surface area (Å²) < 4.78 is 42.9. The van der Waals surface area contributed by atoms with E-state index in [2.05, 4.69) is 19.6 Å². The normalized spacial score (nSPS) is 15.3. The summed E-state index contributed by atoms with van der Waals surface area (Å²) in [4.78, 5) is 37.4. The third-order valence-electron chi connectivity index (χ3n) is 4.83. The minimum atomic E-state index is -4.52. The van der Waals surface area contributed by atoms with Crippen LogP contribution in [0, 0.1) is 0 Å². The highest BCUT2D eigenvalue weighted by atomic mass is 35.5. The lowest BCUT2D eigenvalue weighted by Gasteiger charge is -2.34. The summed E-state index contributed by atoms with van der Waals surface area (Å²) in [6, 6.07) is 2.76. The molecule has 0 saturated carbocycles. The van der Waals surface area contributed by atoms with E-state index >= 15 is 0 Å². The van der Waals surface area contributed by atoms with Crippen molar-refractivity contribution >= 4 is 33.8 Å². The number of halogens is 4. The number of hydrogen-bond donors (Lipinski definition) is 0. The van der Waals surface area contributed by atoms with Gasteiger partial charge < -0.3 is 9.64 Å². The SMILES string of the molecule is O=C(c1cnc(OCC(F)(F)F)c(Cl)c1)N1CCN(Cc2cc(=O)n3ccsc3n2)CC1. The van der Waals surface area contributed by atoms with Crippen LogP contribution in [0.2, 0.25) is 5.02 Å². The molecule has 1 fully saturated rings. The van der Waals surface area contributed by atoms with Crippen LogP contribution in [0.25, 0.3) is 4.96 Å². The van der Waals surface area contributed by atoms with E-state index in [1.165, 1.54) is 27.9 Å². The highest BCUT2D eigenvalue weighted by Crippen LogP contribution is 2.25. The van der Waals surface area contributed by atoms with E-state index in [4.69, 9.17) is 11.6 Å². The number of fused-ring (bicyclic) bond motifs is 1. The van der Waals surface area contributed by atoms with E-state index in [1.807, 2.05) is 0 Å². The third-order valence-corrected chi connectivity index (χ3v) is 5.86. The second kappa shape index (κ2) is 9.04. The molecule has 0 radical (unpaired) electrons. The second-order valence-electron chi connectivity index (χ2n) is 7.12. The summed E-state index contributed by atoms with van der Waals surface area (Å²) in [7, 11) is 0. The number of alkyl halides is 3. The first-order valence-corrected chi connectivity index (χ1v) is 10.8. The Kier molecular flexibility index (Phi) is 6.35. The number of carbonyl (C=O) groups excluding carboxylic acids is 1. The number of hydrogen-bond acceptors (Lipinski definition) is 7. The number of pyridine rings is 1. The molecule has 170 valence electrons. The third kappa shape index (κ3) is 5.19. The fraction of sp³-hybridized carbons (Fsp3) is 0.368. The van der Waals surface area contributed by atoms with Crippen LogP contribution in [-0.2, 0) is 6.54 Å². The van der Waals surface area contributed by atoms with Gasteiger partial charge in [0.2, 0.25) is 5.88 Å². The predicted octanol–water partition coefficient (Wildman–Crippen LogP) is 2.70. The molecule has 1 aliphatic heterocycles. The first kappa shape index (κ1) is 22.5. The molecule has 8 nitrogen and oxygen atoms in total. The first-order valence-electron chi connectivity index (χ1n) is 9.52. The van der Waals surface area contributed by atoms with Gasteiger partial charge in [0.05, 0.1) is 11.3 Å². The molecule has 1 saturated heterocycles. The lowest BCUT2D eigenvalue weighted by molar-refractivity contribution is -0.154. The van der Waals surface area contributed by atoms with Crippen molar-refractivity contribution in [1.82, 2.24) is 24.2 Å². The van der Waals surface area contributed by atoms with E-state index in [1.54, 1.807) is 16.5 Å². The largest absolute Gasteiger partial charge is 0.467 e. The number of aromatic nitrogens is 3. The Morgan fingerprint density at radius 1 is 1.22 bits per heavy atom. The number of thiazole rings is 1. The van der Waals surface area contributed by atoms with Crippen molar-refractivity contribution < 1.29 is 22.7 Å². The molecule has 0 aliphatic carbocycles. The molecule has 0 aromatic carbocycles. The number of ether oxygens (including phenoxy) is 1. The Bertz CT molecular complexity index is 1190. The minimum Gasteiger partial charge on any atom is -0.467 e. The minimum absolute atomic E-state index is 0.132. The Morgan fingerprint density at radius 3 is 2.66 bits per heavy atom. The van der Waals surface area contributed by atoms with Gasteiger partial charge in [0.1, 0.15) is 5.02 Å². The predicted molar refractivity (Wildman–Crippen MR) is 111 cm³/mol. The maximum absolute atomic E-state index is 12.7. The first-order chi connectivity index (χ1) is 15.2. The van der Waals surface area contributed by atoms with Gasteiger partial charge in [-0.3, -0.25) is 18.9 Å². The van der Waals surface area contributed by atoms with E-state index in [0.717, 1.165) is 6.20 Å². The van der Waals surface area contributed by atoms with Crippen LogP contribution in [0.15, 0.2) is 34.7 Å². The number of nitrogens with zero attached hydrogens (tertiary/aromatic N) is 5. The Morgan fingerprint density at radius 2 is 1.97 bits per heavy atom. The zero-order chi connectivity index (χ0) is 22.9. The molecule has 0 spiro atoms. The van der Waals surface area contributed by atoms with Gasteiger partial charge in [0.15, 0.2) is 11.6 Å². The van der Waals surface area contributed by atoms with E-state index in [0.29, 0.717) is 43.4 Å². The molecule has 13 heteroatoms. The van der Waals surface area contributed by atoms with Crippen molar-refractivity contribution in [2.75, 3.05) is 32.8 Å². The van der Waals surface area contributed by atoms with Crippen molar-refractivity contribution in [1.29, 1.82) is 0 Å². The van der Waals surface area contributed by atoms with Crippen LogP contribution in [0.3, 0.4) is 0 Å². The number of amides is 1. The summed E-state index contributed by atoms with van der Waals surface area (Å²) in [6.07, 6.45) is -1.68. The van der Waals surface area contributed by atoms with Gasteiger partial charge in [-0.15, -0.1) is 11.3 Å². The van der Waals surface area contributed by atoms with Crippen molar-refractivity contribution in [3.63, 3.8) is 0 Å². The summed E-state index contributed by atoms with van der Waals surface area (Å²) >= 11 is 7.32. The Labute approximate surface area is 188 Å². The monoisotopic (exact) mass is 487 g/mol. The number of rotatable bonds is 5. The molecule has 3 aromatic heterocycles. The van der Waals surface area contributed by atoms with E-state index < -0.39 is 12.8 Å². The van der Waals surface area contributed by atoms with Crippen LogP contribution in [0.1, 0.15) is 16.1 Å². The van der Waals surface area contributed by atoms with Crippen molar-refractivity contribution in [3.8, 4) is 5.88 Å². The van der Waals surface area contributed by atoms with Crippen LogP contribution in [0.5, 0.6) is 5.88 Å². The molecule has 32 heavy (non-hydrogen) atoms. The molecule has 1 amide bonds. The molecule has 0 atom stereocenters. The van der Waals surface area contributed by atoms with Gasteiger partial charge in [0, 0.05) is 56.6 Å². The maximum Gasteiger partial charge on any atom is 0.422 e. The molecule has 1 aliphatic rings. The average molecular weight is 488 g/mol. The van der Waals surface area contributed by atoms with Crippen LogP contribution in [-0.4, -0.2) is 69.0 Å². The van der Waals surface area contributed by atoms with Gasteiger partial charge >= 0.3 is 6.18 Å². The number of piperazine rings is 1. The van der Waals surface area contributed by atoms with Gasteiger partial charge in [0.25, 0.3) is 11.5 Å². The fourth-order valence-corrected chi connectivity index (χ4v) is 4.25. The van der Waals surface area contributed by atoms with Crippen molar-refractivity contribution in [3.05, 3.63) is 56.5 Å². The highest BCUT2D eigenvalue weighted by Gasteiger charge is 2.29. The maximum atomic E-state index is 12.7. The summed E-state index contributed by atoms with van der Waals surface area (Å²) in [5.74, 6) is -0.700. The zero-order valence-corrected chi connectivity index (χ0v) is 18.1. The smallest absolute Gasteiger partial charge is 0.422 e. The van der Waals surface area contributed by atoms with Gasteiger partial charge in [-0.2, -0.15) is 13.2 Å². The molecular formula is C19H17ClF3N5O3S. The van der Waals surface area contributed by atoms with E-state index in [9.17, 15) is 22.8 Å². The van der Waals surface area contributed by atoms with E-state index in [-0.39, 0.29) is 27.9 Å². The second-order valence-corrected chi connectivity index (χ2v) is 8.40. The molecule has 0 N–H and O–H groups in total. The summed E-state index contributed by atoms with van der Waals surface area (Å²) in [5.41, 5.74) is 0.704. The lowest BCUT2D eigenvalue weighted by Crippen LogP contribution is -2.48. The number of carbonyl (C=O) groups is 1. The molecule has 0 unspecified atom stereocenters. The highest BCUT2D eigenvalue weighted by molar-refractivity contribution is 7.15. The standard InChI is InChI=1S/C19H17ClF3N5O3S/c20-14-7-12(9-24-16(14)31-11-19(21,22)23)17(30)27-3-1-26(2-4-27)10-13-8-15(29)28-5-6-32-18(28)25-13/h5-9H,1-4,10-11H2. The molecule has 4 heterocycles. The van der Waals surface area contributed by atoms with Crippen LogP contribution in [0.4, 0.5) is 13.2 Å². The quantitative estimate of drug-likeness (QED) is 0.550. The van der Waals surface area contributed by atoms with Crippen LogP contribution >= 0.6 is 22.9 Å². The Balaban J connectivity index is 1.34. The average Bonchev–Trinajstić information content (AvgIpc) is 3.21. The van der Waals surface area contributed by atoms with Gasteiger partial charge in [-0.25, -0.2) is 9.97 Å². The Hall–Kier alpha value is -2.70. The van der Waals surface area contributed by atoms with Crippen molar-refractivity contribution in [2.24, 2.45) is 0 Å². The topological polar surface area (TPSA) is 80.0 Å².